The van der Waals surface area contributed by atoms with Crippen LogP contribution in [0.25, 0.3) is 6.08 Å². The molecule has 2 aromatic carbocycles. The van der Waals surface area contributed by atoms with Crippen LogP contribution in [0.1, 0.15) is 5.56 Å². The lowest BCUT2D eigenvalue weighted by Gasteiger charge is -2.02. The van der Waals surface area contributed by atoms with Gasteiger partial charge in [0.25, 0.3) is 0 Å². The lowest BCUT2D eigenvalue weighted by atomic mass is 10.2. The third-order valence-electron chi connectivity index (χ3n) is 2.43. The lowest BCUT2D eigenvalue weighted by molar-refractivity contribution is -0.111. The number of anilines is 1. The molecular formula is C15H12BrNO2. The van der Waals surface area contributed by atoms with E-state index in [2.05, 4.69) is 21.2 Å². The van der Waals surface area contributed by atoms with Crippen LogP contribution >= 0.6 is 15.9 Å². The number of phenols is 1. The zero-order chi connectivity index (χ0) is 13.7. The maximum Gasteiger partial charge on any atom is 0.248 e. The van der Waals surface area contributed by atoms with Crippen molar-refractivity contribution in [2.75, 3.05) is 5.32 Å². The highest BCUT2D eigenvalue weighted by Gasteiger charge is 1.99. The van der Waals surface area contributed by atoms with Gasteiger partial charge >= 0.3 is 0 Å². The van der Waals surface area contributed by atoms with Crippen LogP contribution in [0.4, 0.5) is 5.69 Å². The summed E-state index contributed by atoms with van der Waals surface area (Å²) in [6, 6.07) is 14.0. The fraction of sp³-hybridized carbons (Fsp3) is 0. The van der Waals surface area contributed by atoms with Crippen molar-refractivity contribution in [1.29, 1.82) is 0 Å². The van der Waals surface area contributed by atoms with Crippen molar-refractivity contribution >= 4 is 33.6 Å². The van der Waals surface area contributed by atoms with E-state index in [0.29, 0.717) is 5.69 Å². The van der Waals surface area contributed by atoms with Gasteiger partial charge in [0.2, 0.25) is 5.91 Å². The number of hydrogen-bond donors (Lipinski definition) is 2. The summed E-state index contributed by atoms with van der Waals surface area (Å²) in [6.07, 6.45) is 3.17. The van der Waals surface area contributed by atoms with Gasteiger partial charge in [-0.1, -0.05) is 40.2 Å². The quantitative estimate of drug-likeness (QED) is 0.846. The minimum absolute atomic E-state index is 0.118. The van der Waals surface area contributed by atoms with Crippen LogP contribution in [0.15, 0.2) is 59.1 Å². The first-order valence-electron chi connectivity index (χ1n) is 5.68. The molecule has 0 aliphatic rings. The predicted molar refractivity (Wildman–Crippen MR) is 79.9 cm³/mol. The van der Waals surface area contributed by atoms with E-state index in [4.69, 9.17) is 0 Å². The van der Waals surface area contributed by atoms with Crippen molar-refractivity contribution in [2.45, 2.75) is 0 Å². The van der Waals surface area contributed by atoms with Gasteiger partial charge in [0.1, 0.15) is 5.75 Å². The number of carbonyl (C=O) groups is 1. The van der Waals surface area contributed by atoms with Crippen LogP contribution in [0.5, 0.6) is 5.75 Å². The largest absolute Gasteiger partial charge is 0.508 e. The minimum atomic E-state index is -0.249. The molecule has 19 heavy (non-hydrogen) atoms. The summed E-state index contributed by atoms with van der Waals surface area (Å²) in [7, 11) is 0. The Balaban J connectivity index is 2.04. The fourth-order valence-corrected chi connectivity index (χ4v) is 1.96. The van der Waals surface area contributed by atoms with Gasteiger partial charge in [-0.3, -0.25) is 4.79 Å². The molecule has 0 atom stereocenters. The number of amides is 1. The number of halogens is 1. The minimum Gasteiger partial charge on any atom is -0.508 e. The topological polar surface area (TPSA) is 49.3 Å². The molecule has 1 amide bonds. The summed E-state index contributed by atoms with van der Waals surface area (Å²) in [6.45, 7) is 0. The first-order valence-corrected chi connectivity index (χ1v) is 6.47. The Morgan fingerprint density at radius 2 is 1.95 bits per heavy atom. The zero-order valence-electron chi connectivity index (χ0n) is 10.0. The highest BCUT2D eigenvalue weighted by atomic mass is 79.9. The van der Waals surface area contributed by atoms with Gasteiger partial charge < -0.3 is 10.4 Å². The number of carbonyl (C=O) groups excluding carboxylic acids is 1. The molecule has 0 heterocycles. The second-order valence-corrected chi connectivity index (χ2v) is 4.75. The highest BCUT2D eigenvalue weighted by Crippen LogP contribution is 2.18. The van der Waals surface area contributed by atoms with E-state index in [1.54, 1.807) is 24.3 Å². The Morgan fingerprint density at radius 1 is 1.16 bits per heavy atom. The summed E-state index contributed by atoms with van der Waals surface area (Å²) in [5.41, 5.74) is 1.48. The molecule has 4 heteroatoms. The zero-order valence-corrected chi connectivity index (χ0v) is 11.6. The number of phenolic OH excluding ortho intramolecular Hbond substituents is 1. The molecule has 0 aromatic heterocycles. The van der Waals surface area contributed by atoms with Gasteiger partial charge in [-0.25, -0.2) is 0 Å². The second kappa shape index (κ2) is 6.20. The van der Waals surface area contributed by atoms with Crippen molar-refractivity contribution in [3.8, 4) is 5.75 Å². The van der Waals surface area contributed by atoms with Crippen LogP contribution in [-0.2, 0) is 4.79 Å². The maximum atomic E-state index is 11.7. The first kappa shape index (κ1) is 13.4. The first-order chi connectivity index (χ1) is 9.15. The Hall–Kier alpha value is -2.07. The normalized spacial score (nSPS) is 10.6. The molecule has 0 saturated heterocycles. The van der Waals surface area contributed by atoms with Gasteiger partial charge in [0, 0.05) is 22.3 Å². The molecule has 0 unspecified atom stereocenters. The summed E-state index contributed by atoms with van der Waals surface area (Å²) in [5, 5.41) is 12.0. The molecule has 2 N–H and O–H groups in total. The number of nitrogens with one attached hydrogen (secondary N) is 1. The summed E-state index contributed by atoms with van der Waals surface area (Å²) < 4.78 is 0.927. The molecule has 96 valence electrons. The molecule has 0 bridgehead atoms. The van der Waals surface area contributed by atoms with Gasteiger partial charge in [0.05, 0.1) is 0 Å². The van der Waals surface area contributed by atoms with Gasteiger partial charge in [-0.15, -0.1) is 0 Å². The van der Waals surface area contributed by atoms with Crippen LogP contribution in [0.2, 0.25) is 0 Å². The van der Waals surface area contributed by atoms with Crippen LogP contribution < -0.4 is 5.32 Å². The predicted octanol–water partition coefficient (Wildman–Crippen LogP) is 3.81. The van der Waals surface area contributed by atoms with E-state index in [9.17, 15) is 9.90 Å². The van der Waals surface area contributed by atoms with E-state index >= 15 is 0 Å². The van der Waals surface area contributed by atoms with Gasteiger partial charge in [-0.05, 0) is 29.8 Å². The lowest BCUT2D eigenvalue weighted by Crippen LogP contribution is -2.07. The van der Waals surface area contributed by atoms with Gasteiger partial charge in [0.15, 0.2) is 0 Å². The smallest absolute Gasteiger partial charge is 0.248 e. The van der Waals surface area contributed by atoms with E-state index in [1.807, 2.05) is 24.3 Å². The molecule has 0 saturated carbocycles. The molecule has 2 rings (SSSR count). The molecular weight excluding hydrogens is 306 g/mol. The highest BCUT2D eigenvalue weighted by molar-refractivity contribution is 9.10. The van der Waals surface area contributed by atoms with Crippen LogP contribution in [-0.4, -0.2) is 11.0 Å². The number of aromatic hydroxyl groups is 1. The van der Waals surface area contributed by atoms with E-state index in [-0.39, 0.29) is 11.7 Å². The third-order valence-corrected chi connectivity index (χ3v) is 3.16. The van der Waals surface area contributed by atoms with Gasteiger partial charge in [-0.2, -0.15) is 0 Å². The Bertz CT molecular complexity index is 623. The maximum absolute atomic E-state index is 11.7. The van der Waals surface area contributed by atoms with E-state index in [0.717, 1.165) is 10.0 Å². The van der Waals surface area contributed by atoms with Crippen molar-refractivity contribution in [1.82, 2.24) is 0 Å². The molecule has 0 aliphatic heterocycles. The van der Waals surface area contributed by atoms with Crippen LogP contribution in [0.3, 0.4) is 0 Å². The molecule has 0 radical (unpaired) electrons. The summed E-state index contributed by atoms with van der Waals surface area (Å²) in [4.78, 5) is 11.7. The molecule has 0 fully saturated rings. The monoisotopic (exact) mass is 317 g/mol. The average Bonchev–Trinajstić information content (AvgIpc) is 2.38. The number of hydrogen-bond acceptors (Lipinski definition) is 2. The molecule has 2 aromatic rings. The average molecular weight is 318 g/mol. The van der Waals surface area contributed by atoms with Crippen molar-refractivity contribution in [3.63, 3.8) is 0 Å². The van der Waals surface area contributed by atoms with E-state index < -0.39 is 0 Å². The Kier molecular flexibility index (Phi) is 4.36. The fourth-order valence-electron chi connectivity index (χ4n) is 1.54. The molecule has 3 nitrogen and oxygen atoms in total. The SMILES string of the molecule is O=C(/C=C/c1ccccc1Br)Nc1cccc(O)c1. The summed E-state index contributed by atoms with van der Waals surface area (Å²) in [5.74, 6) is -0.131. The van der Waals surface area contributed by atoms with Crippen molar-refractivity contribution < 1.29 is 9.90 Å². The molecule has 0 spiro atoms. The van der Waals surface area contributed by atoms with Crippen molar-refractivity contribution in [2.24, 2.45) is 0 Å². The van der Waals surface area contributed by atoms with Crippen molar-refractivity contribution in [3.05, 3.63) is 64.6 Å². The standard InChI is InChI=1S/C15H12BrNO2/c16-14-7-2-1-4-11(14)8-9-15(19)17-12-5-3-6-13(18)10-12/h1-10,18H,(H,17,19)/b9-8+. The van der Waals surface area contributed by atoms with E-state index in [1.165, 1.54) is 12.1 Å². The number of rotatable bonds is 3. The number of benzene rings is 2. The Morgan fingerprint density at radius 3 is 2.68 bits per heavy atom. The molecule has 0 aliphatic carbocycles. The summed E-state index contributed by atoms with van der Waals surface area (Å²) >= 11 is 3.41. The van der Waals surface area contributed by atoms with Crippen LogP contribution in [0, 0.1) is 0 Å². The third kappa shape index (κ3) is 3.96. The second-order valence-electron chi connectivity index (χ2n) is 3.89. The Labute approximate surface area is 119 Å².